The van der Waals surface area contributed by atoms with Gasteiger partial charge in [0.25, 0.3) is 5.91 Å². The maximum atomic E-state index is 13.8. The van der Waals surface area contributed by atoms with Gasteiger partial charge in [0, 0.05) is 23.6 Å². The summed E-state index contributed by atoms with van der Waals surface area (Å²) in [5.74, 6) is -1.39. The molecule has 1 N–H and O–H groups in total. The molecular formula is C18H17BrFN5O2. The van der Waals surface area contributed by atoms with E-state index in [4.69, 9.17) is 0 Å². The number of carbonyl (C=O) groups excluding carboxylic acids is 2. The van der Waals surface area contributed by atoms with Crippen LogP contribution in [0.5, 0.6) is 0 Å². The number of carbonyl (C=O) groups is 2. The van der Waals surface area contributed by atoms with Crippen molar-refractivity contribution < 1.29 is 14.0 Å². The van der Waals surface area contributed by atoms with Crippen molar-refractivity contribution in [1.29, 1.82) is 0 Å². The Balaban J connectivity index is 1.68. The van der Waals surface area contributed by atoms with Crippen LogP contribution in [0.25, 0.3) is 11.0 Å². The number of nitrogens with zero attached hydrogens (tertiary/aromatic N) is 4. The minimum Gasteiger partial charge on any atom is -0.332 e. The summed E-state index contributed by atoms with van der Waals surface area (Å²) in [6.07, 6.45) is 0. The smallest absolute Gasteiger partial charge is 0.254 e. The summed E-state index contributed by atoms with van der Waals surface area (Å²) in [5.41, 5.74) is 1.90. The van der Waals surface area contributed by atoms with Gasteiger partial charge >= 0.3 is 0 Å². The van der Waals surface area contributed by atoms with Crippen molar-refractivity contribution in [2.24, 2.45) is 0 Å². The van der Waals surface area contributed by atoms with Crippen molar-refractivity contribution in [3.05, 3.63) is 52.3 Å². The predicted molar refractivity (Wildman–Crippen MR) is 103 cm³/mol. The van der Waals surface area contributed by atoms with Gasteiger partial charge < -0.3 is 10.2 Å². The highest BCUT2D eigenvalue weighted by molar-refractivity contribution is 9.10. The van der Waals surface area contributed by atoms with Crippen LogP contribution in [0.15, 0.2) is 40.9 Å². The van der Waals surface area contributed by atoms with Gasteiger partial charge in [-0.05, 0) is 43.3 Å². The number of fused-ring (bicyclic) bond motifs is 1. The van der Waals surface area contributed by atoms with E-state index < -0.39 is 11.7 Å². The van der Waals surface area contributed by atoms with E-state index in [0.717, 1.165) is 5.52 Å². The Kier molecular flexibility index (Phi) is 5.50. The lowest BCUT2D eigenvalue weighted by Crippen LogP contribution is -2.35. The zero-order chi connectivity index (χ0) is 19.6. The lowest BCUT2D eigenvalue weighted by atomic mass is 10.1. The molecule has 1 aromatic heterocycles. The van der Waals surface area contributed by atoms with Crippen LogP contribution < -0.4 is 5.32 Å². The van der Waals surface area contributed by atoms with Crippen molar-refractivity contribution in [3.8, 4) is 0 Å². The molecule has 0 aliphatic rings. The van der Waals surface area contributed by atoms with Crippen LogP contribution in [0.3, 0.4) is 0 Å². The van der Waals surface area contributed by atoms with E-state index in [9.17, 15) is 14.0 Å². The zero-order valence-corrected chi connectivity index (χ0v) is 16.3. The lowest BCUT2D eigenvalue weighted by molar-refractivity contribution is -0.116. The molecular weight excluding hydrogens is 417 g/mol. The fourth-order valence-electron chi connectivity index (χ4n) is 2.63. The number of likely N-dealkylation sites (N-methyl/N-ethyl adjacent to an activating group) is 1. The molecule has 2 aromatic carbocycles. The molecule has 0 aliphatic heterocycles. The Labute approximate surface area is 163 Å². The standard InChI is InChI=1S/C18H17BrFN5O2/c1-3-25-16-7-4-11(8-15(16)22-23-25)18(27)24(2)10-17(26)21-14-6-5-12(19)9-13(14)20/h4-9H,3,10H2,1-2H3,(H,21,26). The first-order valence-electron chi connectivity index (χ1n) is 8.22. The third kappa shape index (κ3) is 4.13. The molecule has 0 radical (unpaired) electrons. The van der Waals surface area contributed by atoms with Gasteiger partial charge in [0.2, 0.25) is 5.91 Å². The second kappa shape index (κ2) is 7.83. The van der Waals surface area contributed by atoms with E-state index in [1.165, 1.54) is 24.1 Å². The molecule has 7 nitrogen and oxygen atoms in total. The first-order chi connectivity index (χ1) is 12.9. The van der Waals surface area contributed by atoms with Crippen LogP contribution in [0, 0.1) is 5.82 Å². The predicted octanol–water partition coefficient (Wildman–Crippen LogP) is 3.06. The van der Waals surface area contributed by atoms with Gasteiger partial charge in [-0.1, -0.05) is 21.1 Å². The largest absolute Gasteiger partial charge is 0.332 e. The number of halogens is 2. The van der Waals surface area contributed by atoms with Crippen molar-refractivity contribution in [1.82, 2.24) is 19.9 Å². The highest BCUT2D eigenvalue weighted by Gasteiger charge is 2.17. The highest BCUT2D eigenvalue weighted by Crippen LogP contribution is 2.19. The summed E-state index contributed by atoms with van der Waals surface area (Å²) in [6.45, 7) is 2.42. The summed E-state index contributed by atoms with van der Waals surface area (Å²) in [6, 6.07) is 9.40. The quantitative estimate of drug-likeness (QED) is 0.670. The highest BCUT2D eigenvalue weighted by atomic mass is 79.9. The molecule has 140 valence electrons. The monoisotopic (exact) mass is 433 g/mol. The SMILES string of the molecule is CCn1nnc2cc(C(=O)N(C)CC(=O)Nc3ccc(Br)cc3F)ccc21. The Morgan fingerprint density at radius 2 is 2.04 bits per heavy atom. The van der Waals surface area contributed by atoms with Crippen molar-refractivity contribution in [2.45, 2.75) is 13.5 Å². The average molecular weight is 434 g/mol. The van der Waals surface area contributed by atoms with E-state index >= 15 is 0 Å². The molecule has 2 amide bonds. The van der Waals surface area contributed by atoms with Gasteiger partial charge in [-0.25, -0.2) is 9.07 Å². The Hall–Kier alpha value is -2.81. The molecule has 1 heterocycles. The van der Waals surface area contributed by atoms with Crippen LogP contribution in [0.1, 0.15) is 17.3 Å². The number of aromatic nitrogens is 3. The normalized spacial score (nSPS) is 10.8. The summed E-state index contributed by atoms with van der Waals surface area (Å²) in [7, 11) is 1.51. The lowest BCUT2D eigenvalue weighted by Gasteiger charge is -2.17. The maximum Gasteiger partial charge on any atom is 0.254 e. The third-order valence-electron chi connectivity index (χ3n) is 3.99. The average Bonchev–Trinajstić information content (AvgIpc) is 3.05. The summed E-state index contributed by atoms with van der Waals surface area (Å²) < 4.78 is 16.1. The van der Waals surface area contributed by atoms with E-state index in [1.807, 2.05) is 6.92 Å². The molecule has 0 fully saturated rings. The molecule has 0 saturated heterocycles. The Bertz CT molecular complexity index is 1020. The molecule has 3 rings (SSSR count). The van der Waals surface area contributed by atoms with Crippen LogP contribution in [0.2, 0.25) is 0 Å². The first-order valence-corrected chi connectivity index (χ1v) is 9.02. The molecule has 0 saturated carbocycles. The molecule has 9 heteroatoms. The van der Waals surface area contributed by atoms with Gasteiger partial charge in [-0.15, -0.1) is 5.10 Å². The topological polar surface area (TPSA) is 80.1 Å². The number of aryl methyl sites for hydroxylation is 1. The fraction of sp³-hybridized carbons (Fsp3) is 0.222. The Morgan fingerprint density at radius 3 is 2.74 bits per heavy atom. The van der Waals surface area contributed by atoms with Gasteiger partial charge in [-0.3, -0.25) is 9.59 Å². The number of nitrogens with one attached hydrogen (secondary N) is 1. The van der Waals surface area contributed by atoms with Gasteiger partial charge in [0.1, 0.15) is 11.3 Å². The number of hydrogen-bond donors (Lipinski definition) is 1. The van der Waals surface area contributed by atoms with E-state index in [-0.39, 0.29) is 18.1 Å². The van der Waals surface area contributed by atoms with E-state index in [0.29, 0.717) is 22.1 Å². The second-order valence-electron chi connectivity index (χ2n) is 5.94. The molecule has 0 unspecified atom stereocenters. The van der Waals surface area contributed by atoms with E-state index in [1.54, 1.807) is 28.9 Å². The molecule has 27 heavy (non-hydrogen) atoms. The maximum absolute atomic E-state index is 13.8. The van der Waals surface area contributed by atoms with Crippen LogP contribution in [-0.2, 0) is 11.3 Å². The number of benzene rings is 2. The Morgan fingerprint density at radius 1 is 1.26 bits per heavy atom. The summed E-state index contributed by atoms with van der Waals surface area (Å²) in [4.78, 5) is 26.0. The van der Waals surface area contributed by atoms with E-state index in [2.05, 4.69) is 31.6 Å². The first kappa shape index (κ1) is 19.0. The van der Waals surface area contributed by atoms with Crippen LogP contribution in [-0.4, -0.2) is 45.3 Å². The van der Waals surface area contributed by atoms with Gasteiger partial charge in [0.15, 0.2) is 0 Å². The number of anilines is 1. The molecule has 0 atom stereocenters. The molecule has 0 aliphatic carbocycles. The van der Waals surface area contributed by atoms with Crippen LogP contribution in [0.4, 0.5) is 10.1 Å². The molecule has 0 spiro atoms. The number of hydrogen-bond acceptors (Lipinski definition) is 4. The van der Waals surface area contributed by atoms with Gasteiger partial charge in [-0.2, -0.15) is 0 Å². The third-order valence-corrected chi connectivity index (χ3v) is 4.49. The minimum absolute atomic E-state index is 0.0571. The van der Waals surface area contributed by atoms with Crippen LogP contribution >= 0.6 is 15.9 Å². The summed E-state index contributed by atoms with van der Waals surface area (Å²) >= 11 is 3.15. The molecule has 0 bridgehead atoms. The zero-order valence-electron chi connectivity index (χ0n) is 14.7. The second-order valence-corrected chi connectivity index (χ2v) is 6.86. The summed E-state index contributed by atoms with van der Waals surface area (Å²) in [5, 5.41) is 10.5. The number of amides is 2. The fourth-order valence-corrected chi connectivity index (χ4v) is 2.96. The van der Waals surface area contributed by atoms with Crippen molar-refractivity contribution in [3.63, 3.8) is 0 Å². The van der Waals surface area contributed by atoms with Crippen molar-refractivity contribution >= 4 is 44.5 Å². The number of rotatable bonds is 5. The minimum atomic E-state index is -0.559. The van der Waals surface area contributed by atoms with Crippen molar-refractivity contribution in [2.75, 3.05) is 18.9 Å². The molecule has 3 aromatic rings. The van der Waals surface area contributed by atoms with Gasteiger partial charge in [0.05, 0.1) is 17.7 Å².